The van der Waals surface area contributed by atoms with Gasteiger partial charge in [-0.3, -0.25) is 0 Å². The predicted octanol–water partition coefficient (Wildman–Crippen LogP) is 3.95. The van der Waals surface area contributed by atoms with Gasteiger partial charge in [0, 0.05) is 0 Å². The standard InChI is InChI=1S/C13H12BrF2NO2/c1-17-12(10-5-6-11(14)19-10)8-3-2-4-9(7-8)18-13(15)16/h2-7,12-13,17H,1H3. The maximum absolute atomic E-state index is 12.2. The molecule has 0 spiro atoms. The van der Waals surface area contributed by atoms with E-state index in [0.717, 1.165) is 5.56 Å². The van der Waals surface area contributed by atoms with E-state index in [1.54, 1.807) is 25.2 Å². The topological polar surface area (TPSA) is 34.4 Å². The highest BCUT2D eigenvalue weighted by molar-refractivity contribution is 9.10. The van der Waals surface area contributed by atoms with Crippen molar-refractivity contribution in [3.8, 4) is 5.75 Å². The third kappa shape index (κ3) is 3.54. The van der Waals surface area contributed by atoms with E-state index >= 15 is 0 Å². The quantitative estimate of drug-likeness (QED) is 0.900. The lowest BCUT2D eigenvalue weighted by Crippen LogP contribution is -2.17. The number of nitrogens with one attached hydrogen (secondary N) is 1. The van der Waals surface area contributed by atoms with Gasteiger partial charge in [-0.05, 0) is 52.8 Å². The zero-order chi connectivity index (χ0) is 13.8. The highest BCUT2D eigenvalue weighted by atomic mass is 79.9. The van der Waals surface area contributed by atoms with Crippen LogP contribution in [0.15, 0.2) is 45.5 Å². The molecule has 0 aliphatic rings. The fourth-order valence-electron chi connectivity index (χ4n) is 1.83. The van der Waals surface area contributed by atoms with Crippen molar-refractivity contribution < 1.29 is 17.9 Å². The Bertz CT molecular complexity index is 545. The van der Waals surface area contributed by atoms with Crippen LogP contribution in [0.25, 0.3) is 0 Å². The first-order valence-electron chi connectivity index (χ1n) is 5.57. The van der Waals surface area contributed by atoms with Crippen molar-refractivity contribution >= 4 is 15.9 Å². The van der Waals surface area contributed by atoms with E-state index in [9.17, 15) is 8.78 Å². The molecule has 0 aliphatic heterocycles. The first-order valence-corrected chi connectivity index (χ1v) is 6.36. The Morgan fingerprint density at radius 2 is 2.05 bits per heavy atom. The second kappa shape index (κ2) is 6.16. The lowest BCUT2D eigenvalue weighted by molar-refractivity contribution is -0.0498. The van der Waals surface area contributed by atoms with E-state index in [1.165, 1.54) is 6.07 Å². The third-order valence-corrected chi connectivity index (χ3v) is 3.01. The van der Waals surface area contributed by atoms with Crippen LogP contribution in [0.5, 0.6) is 5.75 Å². The first-order chi connectivity index (χ1) is 9.10. The summed E-state index contributed by atoms with van der Waals surface area (Å²) in [7, 11) is 1.77. The largest absolute Gasteiger partial charge is 0.452 e. The minimum atomic E-state index is -2.83. The van der Waals surface area contributed by atoms with E-state index in [2.05, 4.69) is 26.0 Å². The van der Waals surface area contributed by atoms with Crippen LogP contribution in [-0.4, -0.2) is 13.7 Å². The van der Waals surface area contributed by atoms with Crippen molar-refractivity contribution in [1.29, 1.82) is 0 Å². The Morgan fingerprint density at radius 3 is 2.63 bits per heavy atom. The smallest absolute Gasteiger partial charge is 0.387 e. The van der Waals surface area contributed by atoms with Crippen LogP contribution >= 0.6 is 15.9 Å². The van der Waals surface area contributed by atoms with Crippen LogP contribution in [0.1, 0.15) is 17.4 Å². The molecule has 2 rings (SSSR count). The lowest BCUT2D eigenvalue weighted by Gasteiger charge is -2.15. The minimum absolute atomic E-state index is 0.123. The average Bonchev–Trinajstić information content (AvgIpc) is 2.76. The maximum Gasteiger partial charge on any atom is 0.387 e. The van der Waals surface area contributed by atoms with Gasteiger partial charge in [0.05, 0.1) is 6.04 Å². The Morgan fingerprint density at radius 1 is 1.26 bits per heavy atom. The van der Waals surface area contributed by atoms with Crippen LogP contribution < -0.4 is 10.1 Å². The molecule has 1 unspecified atom stereocenters. The molecule has 0 saturated carbocycles. The van der Waals surface area contributed by atoms with E-state index in [4.69, 9.17) is 4.42 Å². The molecule has 1 heterocycles. The summed E-state index contributed by atoms with van der Waals surface area (Å²) < 4.78 is 34.9. The van der Waals surface area contributed by atoms with E-state index in [0.29, 0.717) is 10.4 Å². The summed E-state index contributed by atoms with van der Waals surface area (Å²) in [5.74, 6) is 0.807. The molecule has 19 heavy (non-hydrogen) atoms. The number of rotatable bonds is 5. The minimum Gasteiger partial charge on any atom is -0.452 e. The van der Waals surface area contributed by atoms with Gasteiger partial charge in [-0.15, -0.1) is 0 Å². The van der Waals surface area contributed by atoms with E-state index in [-0.39, 0.29) is 11.8 Å². The van der Waals surface area contributed by atoms with Gasteiger partial charge in [0.15, 0.2) is 4.67 Å². The number of halogens is 3. The summed E-state index contributed by atoms with van der Waals surface area (Å²) in [5, 5.41) is 3.07. The fraction of sp³-hybridized carbons (Fsp3) is 0.231. The molecule has 102 valence electrons. The van der Waals surface area contributed by atoms with Gasteiger partial charge in [0.2, 0.25) is 0 Å². The molecule has 6 heteroatoms. The van der Waals surface area contributed by atoms with Crippen molar-refractivity contribution in [2.75, 3.05) is 7.05 Å². The van der Waals surface area contributed by atoms with Crippen LogP contribution in [0.4, 0.5) is 8.78 Å². The van der Waals surface area contributed by atoms with Crippen molar-refractivity contribution in [3.05, 3.63) is 52.4 Å². The van der Waals surface area contributed by atoms with Crippen LogP contribution in [0.2, 0.25) is 0 Å². The molecular formula is C13H12BrF2NO2. The van der Waals surface area contributed by atoms with E-state index < -0.39 is 6.61 Å². The highest BCUT2D eigenvalue weighted by Gasteiger charge is 2.17. The molecule has 3 nitrogen and oxygen atoms in total. The van der Waals surface area contributed by atoms with Gasteiger partial charge >= 0.3 is 6.61 Å². The molecule has 1 aromatic heterocycles. The van der Waals surface area contributed by atoms with Crippen molar-refractivity contribution in [2.45, 2.75) is 12.7 Å². The highest BCUT2D eigenvalue weighted by Crippen LogP contribution is 2.28. The molecule has 0 fully saturated rings. The monoisotopic (exact) mass is 331 g/mol. The molecule has 2 aromatic rings. The van der Waals surface area contributed by atoms with Gasteiger partial charge in [0.1, 0.15) is 11.5 Å². The molecule has 1 aromatic carbocycles. The molecular weight excluding hydrogens is 320 g/mol. The number of hydrogen-bond acceptors (Lipinski definition) is 3. The molecule has 1 N–H and O–H groups in total. The second-order valence-corrected chi connectivity index (χ2v) is 4.60. The van der Waals surface area contributed by atoms with Crippen molar-refractivity contribution in [1.82, 2.24) is 5.32 Å². The summed E-state index contributed by atoms with van der Waals surface area (Å²) in [4.78, 5) is 0. The molecule has 0 amide bonds. The van der Waals surface area contributed by atoms with Crippen LogP contribution in [-0.2, 0) is 0 Å². The van der Waals surface area contributed by atoms with Gasteiger partial charge < -0.3 is 14.5 Å². The van der Waals surface area contributed by atoms with Crippen LogP contribution in [0.3, 0.4) is 0 Å². The van der Waals surface area contributed by atoms with E-state index in [1.807, 2.05) is 12.1 Å². The van der Waals surface area contributed by atoms with Crippen molar-refractivity contribution in [2.24, 2.45) is 0 Å². The Labute approximate surface area is 117 Å². The molecule has 0 aliphatic carbocycles. The lowest BCUT2D eigenvalue weighted by atomic mass is 10.0. The summed E-state index contributed by atoms with van der Waals surface area (Å²) in [6, 6.07) is 9.88. The first kappa shape index (κ1) is 14.0. The number of alkyl halides is 2. The maximum atomic E-state index is 12.2. The molecule has 0 saturated heterocycles. The zero-order valence-electron chi connectivity index (χ0n) is 10.1. The summed E-state index contributed by atoms with van der Waals surface area (Å²) in [6.07, 6.45) is 0. The Hall–Kier alpha value is -1.40. The normalized spacial score (nSPS) is 12.7. The van der Waals surface area contributed by atoms with Crippen molar-refractivity contribution in [3.63, 3.8) is 0 Å². The summed E-state index contributed by atoms with van der Waals surface area (Å²) in [6.45, 7) is -2.83. The van der Waals surface area contributed by atoms with Crippen LogP contribution in [0, 0.1) is 0 Å². The fourth-order valence-corrected chi connectivity index (χ4v) is 2.15. The van der Waals surface area contributed by atoms with Gasteiger partial charge in [-0.2, -0.15) is 8.78 Å². The molecule has 1 atom stereocenters. The third-order valence-electron chi connectivity index (χ3n) is 2.58. The SMILES string of the molecule is CNC(c1cccc(OC(F)F)c1)c1ccc(Br)o1. The van der Waals surface area contributed by atoms with Gasteiger partial charge in [-0.1, -0.05) is 12.1 Å². The average molecular weight is 332 g/mol. The predicted molar refractivity (Wildman–Crippen MR) is 70.4 cm³/mol. The number of furan rings is 1. The van der Waals surface area contributed by atoms with Gasteiger partial charge in [-0.25, -0.2) is 0 Å². The number of hydrogen-bond donors (Lipinski definition) is 1. The number of benzene rings is 1. The zero-order valence-corrected chi connectivity index (χ0v) is 11.7. The number of ether oxygens (including phenoxy) is 1. The second-order valence-electron chi connectivity index (χ2n) is 3.81. The Balaban J connectivity index is 2.28. The Kier molecular flexibility index (Phi) is 4.55. The summed E-state index contributed by atoms with van der Waals surface area (Å²) in [5.41, 5.74) is 0.780. The van der Waals surface area contributed by atoms with Gasteiger partial charge in [0.25, 0.3) is 0 Å². The summed E-state index contributed by atoms with van der Waals surface area (Å²) >= 11 is 3.23. The molecule has 0 radical (unpaired) electrons. The molecule has 0 bridgehead atoms.